The minimum atomic E-state index is 0. The van der Waals surface area contributed by atoms with Gasteiger partial charge in [-0.15, -0.1) is 0 Å². The summed E-state index contributed by atoms with van der Waals surface area (Å²) >= 11 is 3.49. The number of halogens is 4. The Kier molecular flexibility index (Phi) is 37.7. The number of aromatic nitrogens is 3. The van der Waals surface area contributed by atoms with E-state index in [2.05, 4.69) is 124 Å². The molecule has 0 saturated heterocycles. The van der Waals surface area contributed by atoms with E-state index in [1.807, 2.05) is 0 Å². The maximum absolute atomic E-state index is 3.49. The molecule has 0 saturated carbocycles. The van der Waals surface area contributed by atoms with Crippen LogP contribution in [0.2, 0.25) is 0 Å². The van der Waals surface area contributed by atoms with Gasteiger partial charge in [0, 0.05) is 46.6 Å². The molecule has 7 heteroatoms. The molecule has 49 heavy (non-hydrogen) atoms. The van der Waals surface area contributed by atoms with Gasteiger partial charge in [-0.3, -0.25) is 0 Å². The van der Waals surface area contributed by atoms with E-state index in [0.717, 1.165) is 0 Å². The van der Waals surface area contributed by atoms with Gasteiger partial charge < -0.3 is 64.9 Å². The number of pyridine rings is 3. The average Bonchev–Trinajstić information content (AvgIpc) is 3.04. The molecule has 3 aromatic rings. The summed E-state index contributed by atoms with van der Waals surface area (Å²) in [5.41, 5.74) is 4.30. The maximum Gasteiger partial charge on any atom is 0.171 e. The lowest BCUT2D eigenvalue weighted by atomic mass is 10.0. The van der Waals surface area contributed by atoms with Crippen LogP contribution >= 0.6 is 15.9 Å². The Bertz CT molecular complexity index is 1090. The zero-order chi connectivity index (χ0) is 32.9. The van der Waals surface area contributed by atoms with Crippen LogP contribution in [0.3, 0.4) is 0 Å². The molecule has 0 bridgehead atoms. The largest absolute Gasteiger partial charge is 1.00 e. The van der Waals surface area contributed by atoms with E-state index in [-0.39, 0.29) is 64.9 Å². The summed E-state index contributed by atoms with van der Waals surface area (Å²) in [6.45, 7) is 3.33. The van der Waals surface area contributed by atoms with Crippen LogP contribution in [0.1, 0.15) is 145 Å². The van der Waals surface area contributed by atoms with E-state index in [0.29, 0.717) is 0 Å². The van der Waals surface area contributed by atoms with Gasteiger partial charge in [-0.05, 0) is 63.6 Å². The molecule has 280 valence electrons. The average molecular weight is 1030 g/mol. The summed E-state index contributed by atoms with van der Waals surface area (Å²) in [5.74, 6) is 0. The first kappa shape index (κ1) is 51.0. The van der Waals surface area contributed by atoms with Crippen LogP contribution in [0.15, 0.2) is 73.6 Å². The highest BCUT2D eigenvalue weighted by Gasteiger charge is 2.02. The molecule has 0 aromatic carbocycles. The van der Waals surface area contributed by atoms with Crippen molar-refractivity contribution in [2.45, 2.75) is 155 Å². The molecule has 0 aliphatic heterocycles. The van der Waals surface area contributed by atoms with Gasteiger partial charge in [0.05, 0.1) is 0 Å². The lowest BCUT2D eigenvalue weighted by Gasteiger charge is -2.03. The molecule has 0 atom stereocenters. The summed E-state index contributed by atoms with van der Waals surface area (Å²) < 4.78 is 6.62. The summed E-state index contributed by atoms with van der Waals surface area (Å²) in [4.78, 5) is 0. The van der Waals surface area contributed by atoms with E-state index in [4.69, 9.17) is 0 Å². The monoisotopic (exact) mass is 1030 g/mol. The first-order chi connectivity index (χ1) is 22.6. The molecule has 0 radical (unpaired) electrons. The SMILES string of the molecule is C[n+]1cccc(CCCCCCCCCCCCBr)c1.Cc1ccc[n+](CCCCCCCCCCCCc2ccc[n+](C)c2)c1.[Br-].[I-].[I-]. The van der Waals surface area contributed by atoms with E-state index >= 15 is 0 Å². The van der Waals surface area contributed by atoms with E-state index in [9.17, 15) is 0 Å². The Hall–Kier alpha value is -0.130. The van der Waals surface area contributed by atoms with E-state index < -0.39 is 0 Å². The zero-order valence-electron chi connectivity index (χ0n) is 31.3. The standard InChI is InChI=1S/C24H38N2.C18H31BrN.BrH.2HI/c1-23-15-13-20-26(21-23)19-12-10-8-6-4-3-5-7-9-11-16-24-17-14-18-25(2)22-24;1-20-16-12-14-18(17-20)13-10-8-6-4-2-3-5-7-9-11-15-19;;;/h13-15,17-18,20-22H,3-12,16,19H2,1-2H3;12,14,16-17H,2-11,13,15H2,1H3;3*1H/q+2;+1;;;/p-3. The third kappa shape index (κ3) is 30.1. The lowest BCUT2D eigenvalue weighted by molar-refractivity contribution is -0.697. The quantitative estimate of drug-likeness (QED) is 0.0531. The van der Waals surface area contributed by atoms with Crippen LogP contribution in [0, 0.1) is 6.92 Å². The van der Waals surface area contributed by atoms with Gasteiger partial charge in [0.15, 0.2) is 37.2 Å². The molecule has 3 aromatic heterocycles. The van der Waals surface area contributed by atoms with Crippen LogP contribution in [-0.4, -0.2) is 5.33 Å². The molecule has 0 amide bonds. The number of nitrogens with zero attached hydrogens (tertiary/aromatic N) is 3. The smallest absolute Gasteiger partial charge is 0.171 e. The van der Waals surface area contributed by atoms with Crippen LogP contribution in [0.25, 0.3) is 0 Å². The van der Waals surface area contributed by atoms with E-state index in [1.165, 1.54) is 170 Å². The van der Waals surface area contributed by atoms with Crippen molar-refractivity contribution in [1.82, 2.24) is 0 Å². The Balaban J connectivity index is 0. The topological polar surface area (TPSA) is 11.6 Å². The van der Waals surface area contributed by atoms with Gasteiger partial charge in [0.2, 0.25) is 0 Å². The van der Waals surface area contributed by atoms with Crippen molar-refractivity contribution < 1.29 is 78.6 Å². The van der Waals surface area contributed by atoms with Crippen LogP contribution in [0.4, 0.5) is 0 Å². The molecule has 0 aliphatic rings. The maximum atomic E-state index is 3.49. The van der Waals surface area contributed by atoms with Crippen LogP contribution in [-0.2, 0) is 33.5 Å². The second-order valence-electron chi connectivity index (χ2n) is 13.6. The van der Waals surface area contributed by atoms with Crippen molar-refractivity contribution in [3.63, 3.8) is 0 Å². The summed E-state index contributed by atoms with van der Waals surface area (Å²) in [5, 5.41) is 1.17. The minimum absolute atomic E-state index is 0. The van der Waals surface area contributed by atoms with Crippen molar-refractivity contribution in [2.24, 2.45) is 14.1 Å². The Morgan fingerprint density at radius 1 is 0.469 bits per heavy atom. The second-order valence-corrected chi connectivity index (χ2v) is 14.4. The molecular formula is C42H69Br2I2N3. The summed E-state index contributed by atoms with van der Waals surface area (Å²) in [7, 11) is 4.20. The van der Waals surface area contributed by atoms with Crippen molar-refractivity contribution in [3.8, 4) is 0 Å². The van der Waals surface area contributed by atoms with Crippen molar-refractivity contribution >= 4 is 15.9 Å². The van der Waals surface area contributed by atoms with Crippen LogP contribution < -0.4 is 78.6 Å². The number of alkyl halides is 1. The first-order valence-corrected chi connectivity index (χ1v) is 20.1. The van der Waals surface area contributed by atoms with Gasteiger partial charge in [0.25, 0.3) is 0 Å². The zero-order valence-corrected chi connectivity index (χ0v) is 38.7. The van der Waals surface area contributed by atoms with Gasteiger partial charge in [-0.2, -0.15) is 0 Å². The molecule has 3 rings (SSSR count). The normalized spacial score (nSPS) is 10.3. The van der Waals surface area contributed by atoms with Gasteiger partial charge >= 0.3 is 0 Å². The van der Waals surface area contributed by atoms with Crippen molar-refractivity contribution in [2.75, 3.05) is 5.33 Å². The highest BCUT2D eigenvalue weighted by Crippen LogP contribution is 2.13. The number of rotatable bonds is 25. The number of aryl methyl sites for hydroxylation is 6. The van der Waals surface area contributed by atoms with Crippen molar-refractivity contribution in [1.29, 1.82) is 0 Å². The first-order valence-electron chi connectivity index (χ1n) is 19.0. The van der Waals surface area contributed by atoms with Crippen molar-refractivity contribution in [3.05, 3.63) is 90.3 Å². The predicted octanol–water partition coefficient (Wildman–Crippen LogP) is 1.61. The molecular weight excluding hydrogens is 960 g/mol. The number of unbranched alkanes of at least 4 members (excludes halogenated alkanes) is 18. The van der Waals surface area contributed by atoms with Gasteiger partial charge in [-0.1, -0.05) is 112 Å². The molecule has 0 fully saturated rings. The Morgan fingerprint density at radius 2 is 0.837 bits per heavy atom. The molecule has 3 nitrogen and oxygen atoms in total. The fraction of sp³-hybridized carbons (Fsp3) is 0.643. The molecule has 0 aliphatic carbocycles. The molecule has 0 unspecified atom stereocenters. The van der Waals surface area contributed by atoms with Gasteiger partial charge in [-0.25, -0.2) is 13.7 Å². The summed E-state index contributed by atoms with van der Waals surface area (Å²) in [6, 6.07) is 13.1. The van der Waals surface area contributed by atoms with Crippen LogP contribution in [0.5, 0.6) is 0 Å². The molecule has 0 spiro atoms. The third-order valence-corrected chi connectivity index (χ3v) is 9.55. The molecule has 0 N–H and O–H groups in total. The Labute approximate surface area is 355 Å². The molecule has 3 heterocycles. The minimum Gasteiger partial charge on any atom is -1.00 e. The fourth-order valence-corrected chi connectivity index (χ4v) is 6.66. The number of hydrogen-bond donors (Lipinski definition) is 0. The lowest BCUT2D eigenvalue weighted by Crippen LogP contribution is -3.00. The second kappa shape index (κ2) is 36.2. The Morgan fingerprint density at radius 3 is 1.22 bits per heavy atom. The van der Waals surface area contributed by atoms with Gasteiger partial charge in [0.1, 0.15) is 20.6 Å². The predicted molar refractivity (Wildman–Crippen MR) is 200 cm³/mol. The highest BCUT2D eigenvalue weighted by molar-refractivity contribution is 9.09. The number of hydrogen-bond acceptors (Lipinski definition) is 0. The summed E-state index contributed by atoms with van der Waals surface area (Å²) in [6.07, 6.45) is 43.5. The third-order valence-electron chi connectivity index (χ3n) is 8.99. The van der Waals surface area contributed by atoms with E-state index in [1.54, 1.807) is 0 Å². The highest BCUT2D eigenvalue weighted by atomic mass is 127. The fourth-order valence-electron chi connectivity index (χ4n) is 6.26.